The van der Waals surface area contributed by atoms with E-state index in [0.717, 1.165) is 0 Å². The largest absolute Gasteiger partial charge is 0.299 e. The van der Waals surface area contributed by atoms with Gasteiger partial charge in [-0.2, -0.15) is 0 Å². The number of hydrogen-bond donors (Lipinski definition) is 0. The number of aryl methyl sites for hydroxylation is 1. The first-order valence-electron chi connectivity index (χ1n) is 6.95. The van der Waals surface area contributed by atoms with Gasteiger partial charge in [0.15, 0.2) is 0 Å². The van der Waals surface area contributed by atoms with Crippen LogP contribution < -0.4 is 0 Å². The van der Waals surface area contributed by atoms with E-state index in [4.69, 9.17) is 0 Å². The summed E-state index contributed by atoms with van der Waals surface area (Å²) in [6, 6.07) is 2.98. The Morgan fingerprint density at radius 3 is 2.94 bits per heavy atom. The van der Waals surface area contributed by atoms with E-state index >= 15 is 0 Å². The Labute approximate surface area is 105 Å². The average Bonchev–Trinajstić information content (AvgIpc) is 2.76. The molecule has 0 saturated carbocycles. The van der Waals surface area contributed by atoms with Gasteiger partial charge in [0, 0.05) is 18.4 Å². The highest BCUT2D eigenvalue weighted by molar-refractivity contribution is 5.22. The molecule has 1 unspecified atom stereocenters. The lowest BCUT2D eigenvalue weighted by Crippen LogP contribution is -2.17. The summed E-state index contributed by atoms with van der Waals surface area (Å²) < 4.78 is 0. The Balaban J connectivity index is 2.00. The summed E-state index contributed by atoms with van der Waals surface area (Å²) in [7, 11) is 2.22. The predicted molar refractivity (Wildman–Crippen MR) is 72.1 cm³/mol. The molecule has 1 aliphatic heterocycles. The second kappa shape index (κ2) is 6.15. The lowest BCUT2D eigenvalue weighted by atomic mass is 10.0. The minimum atomic E-state index is 0.605. The number of nitrogens with zero attached hydrogens (tertiary/aromatic N) is 2. The number of aromatic nitrogens is 1. The van der Waals surface area contributed by atoms with Gasteiger partial charge in [-0.05, 0) is 50.4 Å². The zero-order chi connectivity index (χ0) is 12.1. The molecule has 2 nitrogen and oxygen atoms in total. The van der Waals surface area contributed by atoms with E-state index in [9.17, 15) is 0 Å². The maximum absolute atomic E-state index is 4.42. The number of rotatable bonds is 5. The van der Waals surface area contributed by atoms with Crippen LogP contribution in [0.1, 0.15) is 56.2 Å². The number of pyridine rings is 1. The van der Waals surface area contributed by atoms with E-state index in [1.54, 1.807) is 0 Å². The topological polar surface area (TPSA) is 16.1 Å². The van der Waals surface area contributed by atoms with Gasteiger partial charge in [-0.15, -0.1) is 0 Å². The summed E-state index contributed by atoms with van der Waals surface area (Å²) in [4.78, 5) is 6.87. The standard InChI is InChI=1S/C15H24N2/c1-3-4-5-7-13-10-14(12-16-11-13)15-8-6-9-17(15)2/h10-12,15H,3-9H2,1-2H3. The van der Waals surface area contributed by atoms with E-state index < -0.39 is 0 Å². The zero-order valence-corrected chi connectivity index (χ0v) is 11.2. The van der Waals surface area contributed by atoms with Crippen LogP contribution in [0.2, 0.25) is 0 Å². The molecule has 2 heteroatoms. The van der Waals surface area contributed by atoms with E-state index in [1.807, 2.05) is 6.20 Å². The first-order valence-corrected chi connectivity index (χ1v) is 6.95. The Kier molecular flexibility index (Phi) is 4.55. The molecule has 0 aliphatic carbocycles. The number of unbranched alkanes of at least 4 members (excludes halogenated alkanes) is 2. The van der Waals surface area contributed by atoms with E-state index in [-0.39, 0.29) is 0 Å². The van der Waals surface area contributed by atoms with E-state index in [1.165, 1.54) is 56.2 Å². The molecule has 94 valence electrons. The summed E-state index contributed by atoms with van der Waals surface area (Å²) in [6.45, 7) is 3.48. The third-order valence-electron chi connectivity index (χ3n) is 3.79. The molecule has 0 aromatic carbocycles. The molecule has 0 radical (unpaired) electrons. The fourth-order valence-electron chi connectivity index (χ4n) is 2.74. The quantitative estimate of drug-likeness (QED) is 0.721. The monoisotopic (exact) mass is 232 g/mol. The van der Waals surface area contributed by atoms with Crippen LogP contribution in [0.5, 0.6) is 0 Å². The predicted octanol–water partition coefficient (Wildman–Crippen LogP) is 3.58. The highest BCUT2D eigenvalue weighted by Gasteiger charge is 2.22. The second-order valence-corrected chi connectivity index (χ2v) is 5.22. The van der Waals surface area contributed by atoms with Crippen LogP contribution in [0, 0.1) is 0 Å². The SMILES string of the molecule is CCCCCc1cncc(C2CCCN2C)c1. The third kappa shape index (κ3) is 3.29. The molecule has 0 amide bonds. The number of hydrogen-bond acceptors (Lipinski definition) is 2. The van der Waals surface area contributed by atoms with Crippen molar-refractivity contribution in [3.63, 3.8) is 0 Å². The summed E-state index contributed by atoms with van der Waals surface area (Å²) in [5, 5.41) is 0. The Hall–Kier alpha value is -0.890. The summed E-state index contributed by atoms with van der Waals surface area (Å²) in [6.07, 6.45) is 11.8. The summed E-state index contributed by atoms with van der Waals surface area (Å²) >= 11 is 0. The molecule has 17 heavy (non-hydrogen) atoms. The lowest BCUT2D eigenvalue weighted by molar-refractivity contribution is 0.317. The van der Waals surface area contributed by atoms with Gasteiger partial charge in [-0.1, -0.05) is 25.8 Å². The molecule has 2 rings (SSSR count). The first-order chi connectivity index (χ1) is 8.31. The van der Waals surface area contributed by atoms with Crippen LogP contribution in [0.3, 0.4) is 0 Å². The molecule has 1 atom stereocenters. The lowest BCUT2D eigenvalue weighted by Gasteiger charge is -2.19. The molecule has 0 bridgehead atoms. The molecule has 1 aliphatic rings. The van der Waals surface area contributed by atoms with E-state index in [2.05, 4.69) is 36.1 Å². The Bertz CT molecular complexity index is 349. The highest BCUT2D eigenvalue weighted by Crippen LogP contribution is 2.30. The van der Waals surface area contributed by atoms with Crippen molar-refractivity contribution in [2.24, 2.45) is 0 Å². The third-order valence-corrected chi connectivity index (χ3v) is 3.79. The van der Waals surface area contributed by atoms with E-state index in [0.29, 0.717) is 6.04 Å². The molecule has 1 aromatic rings. The van der Waals surface area contributed by atoms with Crippen molar-refractivity contribution in [2.45, 2.75) is 51.5 Å². The van der Waals surface area contributed by atoms with Gasteiger partial charge in [0.05, 0.1) is 0 Å². The second-order valence-electron chi connectivity index (χ2n) is 5.22. The normalized spacial score (nSPS) is 20.9. The van der Waals surface area contributed by atoms with Crippen LogP contribution in [0.25, 0.3) is 0 Å². The molecule has 2 heterocycles. The van der Waals surface area contributed by atoms with Crippen molar-refractivity contribution in [3.05, 3.63) is 29.6 Å². The molecule has 1 aromatic heterocycles. The van der Waals surface area contributed by atoms with Crippen LogP contribution >= 0.6 is 0 Å². The van der Waals surface area contributed by atoms with Crippen molar-refractivity contribution in [1.29, 1.82) is 0 Å². The number of likely N-dealkylation sites (tertiary alicyclic amines) is 1. The first kappa shape index (κ1) is 12.6. The molecule has 0 spiro atoms. The Morgan fingerprint density at radius 2 is 2.24 bits per heavy atom. The molecule has 1 saturated heterocycles. The van der Waals surface area contributed by atoms with Gasteiger partial charge in [0.2, 0.25) is 0 Å². The van der Waals surface area contributed by atoms with Crippen molar-refractivity contribution in [2.75, 3.05) is 13.6 Å². The van der Waals surface area contributed by atoms with Gasteiger partial charge in [-0.25, -0.2) is 0 Å². The van der Waals surface area contributed by atoms with Crippen LogP contribution in [-0.4, -0.2) is 23.5 Å². The van der Waals surface area contributed by atoms with Gasteiger partial charge in [0.25, 0.3) is 0 Å². The highest BCUT2D eigenvalue weighted by atomic mass is 15.1. The van der Waals surface area contributed by atoms with Crippen LogP contribution in [0.15, 0.2) is 18.5 Å². The fraction of sp³-hybridized carbons (Fsp3) is 0.667. The van der Waals surface area contributed by atoms with Gasteiger partial charge in [-0.3, -0.25) is 9.88 Å². The molecular formula is C15H24N2. The van der Waals surface area contributed by atoms with Crippen molar-refractivity contribution in [1.82, 2.24) is 9.88 Å². The average molecular weight is 232 g/mol. The van der Waals surface area contributed by atoms with Gasteiger partial charge < -0.3 is 0 Å². The minimum Gasteiger partial charge on any atom is -0.299 e. The van der Waals surface area contributed by atoms with Gasteiger partial charge in [0.1, 0.15) is 0 Å². The van der Waals surface area contributed by atoms with Gasteiger partial charge >= 0.3 is 0 Å². The Morgan fingerprint density at radius 1 is 1.35 bits per heavy atom. The molecule has 0 N–H and O–H groups in total. The van der Waals surface area contributed by atoms with Crippen molar-refractivity contribution >= 4 is 0 Å². The van der Waals surface area contributed by atoms with Crippen LogP contribution in [-0.2, 0) is 6.42 Å². The molecule has 1 fully saturated rings. The fourth-order valence-corrected chi connectivity index (χ4v) is 2.74. The smallest absolute Gasteiger partial charge is 0.0360 e. The maximum atomic E-state index is 4.42. The summed E-state index contributed by atoms with van der Waals surface area (Å²) in [5.74, 6) is 0. The molecular weight excluding hydrogens is 208 g/mol. The van der Waals surface area contributed by atoms with Crippen LogP contribution in [0.4, 0.5) is 0 Å². The minimum absolute atomic E-state index is 0.605. The van der Waals surface area contributed by atoms with Crippen molar-refractivity contribution in [3.8, 4) is 0 Å². The maximum Gasteiger partial charge on any atom is 0.0360 e. The zero-order valence-electron chi connectivity index (χ0n) is 11.2. The summed E-state index contributed by atoms with van der Waals surface area (Å²) in [5.41, 5.74) is 2.83. The van der Waals surface area contributed by atoms with Crippen molar-refractivity contribution < 1.29 is 0 Å².